The Morgan fingerprint density at radius 3 is 2.50 bits per heavy atom. The molecule has 0 aliphatic carbocycles. The Morgan fingerprint density at radius 2 is 1.83 bits per heavy atom. The first kappa shape index (κ1) is 20.1. The van der Waals surface area contributed by atoms with E-state index in [9.17, 15) is 9.59 Å². The van der Waals surface area contributed by atoms with Crippen molar-refractivity contribution in [2.24, 2.45) is 0 Å². The molecule has 2 aliphatic heterocycles. The number of amides is 2. The Labute approximate surface area is 174 Å². The van der Waals surface area contributed by atoms with Crippen LogP contribution in [0.25, 0.3) is 0 Å². The van der Waals surface area contributed by atoms with Gasteiger partial charge in [-0.2, -0.15) is 0 Å². The van der Waals surface area contributed by atoms with Crippen LogP contribution in [0.3, 0.4) is 0 Å². The van der Waals surface area contributed by atoms with Crippen LogP contribution in [-0.4, -0.2) is 76.7 Å². The molecule has 10 nitrogen and oxygen atoms in total. The fourth-order valence-corrected chi connectivity index (χ4v) is 3.65. The lowest BCUT2D eigenvalue weighted by atomic mass is 10.1. The van der Waals surface area contributed by atoms with Gasteiger partial charge in [0.1, 0.15) is 11.9 Å². The summed E-state index contributed by atoms with van der Waals surface area (Å²) >= 11 is 0. The number of rotatable bonds is 4. The second kappa shape index (κ2) is 8.70. The highest BCUT2D eigenvalue weighted by Crippen LogP contribution is 2.28. The molecular formula is C20H25N5O5. The zero-order valence-electron chi connectivity index (χ0n) is 17.1. The summed E-state index contributed by atoms with van der Waals surface area (Å²) < 4.78 is 17.9. The summed E-state index contributed by atoms with van der Waals surface area (Å²) in [7, 11) is 1.63. The van der Waals surface area contributed by atoms with Gasteiger partial charge in [0.2, 0.25) is 0 Å². The van der Waals surface area contributed by atoms with Crippen LogP contribution in [0.2, 0.25) is 0 Å². The molecule has 1 atom stereocenters. The molecule has 30 heavy (non-hydrogen) atoms. The van der Waals surface area contributed by atoms with Crippen LogP contribution in [0.5, 0.6) is 5.75 Å². The fraction of sp³-hybridized carbons (Fsp3) is 0.500. The van der Waals surface area contributed by atoms with E-state index in [0.717, 1.165) is 11.3 Å². The first-order valence-corrected chi connectivity index (χ1v) is 9.99. The van der Waals surface area contributed by atoms with Gasteiger partial charge in [0, 0.05) is 26.2 Å². The van der Waals surface area contributed by atoms with Gasteiger partial charge in [0.05, 0.1) is 32.6 Å². The van der Waals surface area contributed by atoms with E-state index in [4.69, 9.17) is 14.2 Å². The van der Waals surface area contributed by atoms with Crippen LogP contribution < -0.4 is 4.74 Å². The molecule has 2 aliphatic rings. The average Bonchev–Trinajstić information content (AvgIpc) is 3.22. The summed E-state index contributed by atoms with van der Waals surface area (Å²) in [5, 5.41) is 8.31. The third kappa shape index (κ3) is 3.95. The Kier molecular flexibility index (Phi) is 5.84. The lowest BCUT2D eigenvalue weighted by Crippen LogP contribution is -2.51. The van der Waals surface area contributed by atoms with E-state index in [1.807, 2.05) is 24.3 Å². The molecule has 0 bridgehead atoms. The molecule has 0 unspecified atom stereocenters. The Morgan fingerprint density at radius 1 is 1.13 bits per heavy atom. The Balaban J connectivity index is 1.40. The summed E-state index contributed by atoms with van der Waals surface area (Å²) in [6, 6.07) is 7.70. The topological polar surface area (TPSA) is 99.0 Å². The van der Waals surface area contributed by atoms with Gasteiger partial charge in [0.25, 0.3) is 5.91 Å². The second-order valence-electron chi connectivity index (χ2n) is 7.12. The highest BCUT2D eigenvalue weighted by Gasteiger charge is 2.32. The number of hydrogen-bond acceptors (Lipinski definition) is 7. The maximum absolute atomic E-state index is 13.0. The molecule has 1 saturated heterocycles. The number of fused-ring (bicyclic) bond motifs is 1. The molecule has 4 rings (SSSR count). The average molecular weight is 415 g/mol. The van der Waals surface area contributed by atoms with Crippen molar-refractivity contribution in [3.63, 3.8) is 0 Å². The molecule has 10 heteroatoms. The molecule has 0 spiro atoms. The number of aromatic nitrogens is 3. The summed E-state index contributed by atoms with van der Waals surface area (Å²) in [5.41, 5.74) is 2.00. The minimum atomic E-state index is -0.344. The Hall–Kier alpha value is -3.14. The first-order valence-electron chi connectivity index (χ1n) is 9.99. The molecule has 2 amide bonds. The number of hydrogen-bond donors (Lipinski definition) is 0. The van der Waals surface area contributed by atoms with E-state index in [1.165, 1.54) is 0 Å². The molecule has 1 aromatic carbocycles. The smallest absolute Gasteiger partial charge is 0.409 e. The van der Waals surface area contributed by atoms with Gasteiger partial charge in [-0.1, -0.05) is 17.3 Å². The quantitative estimate of drug-likeness (QED) is 0.746. The Bertz CT molecular complexity index is 905. The highest BCUT2D eigenvalue weighted by atomic mass is 16.6. The van der Waals surface area contributed by atoms with E-state index in [1.54, 1.807) is 28.5 Å². The van der Waals surface area contributed by atoms with Crippen molar-refractivity contribution in [1.82, 2.24) is 24.8 Å². The summed E-state index contributed by atoms with van der Waals surface area (Å²) in [5.74, 6) is 0.596. The van der Waals surface area contributed by atoms with Crippen molar-refractivity contribution < 1.29 is 23.8 Å². The maximum Gasteiger partial charge on any atom is 0.409 e. The number of benzene rings is 1. The van der Waals surface area contributed by atoms with Crippen molar-refractivity contribution in [2.75, 3.05) is 39.9 Å². The number of ether oxygens (including phenoxy) is 3. The molecule has 1 fully saturated rings. The number of piperazine rings is 1. The van der Waals surface area contributed by atoms with Crippen molar-refractivity contribution in [3.05, 3.63) is 41.2 Å². The molecule has 0 N–H and O–H groups in total. The predicted molar refractivity (Wildman–Crippen MR) is 105 cm³/mol. The first-order chi connectivity index (χ1) is 14.6. The third-order valence-electron chi connectivity index (χ3n) is 5.38. The van der Waals surface area contributed by atoms with Gasteiger partial charge < -0.3 is 24.0 Å². The van der Waals surface area contributed by atoms with Crippen molar-refractivity contribution in [2.45, 2.75) is 26.2 Å². The standard InChI is InChI=1S/C20H25N5O5/c1-3-29-20(27)24-10-8-23(9-11-24)19(26)18-16-13-30-17(12-25(16)22-21-18)14-4-6-15(28-2)7-5-14/h4-7,17H,3,8-13H2,1-2H3/t17-/m1/s1. The zero-order valence-corrected chi connectivity index (χ0v) is 17.1. The number of carbonyl (C=O) groups excluding carboxylic acids is 2. The van der Waals surface area contributed by atoms with E-state index in [-0.39, 0.29) is 24.7 Å². The minimum absolute atomic E-state index is 0.166. The molecule has 0 saturated carbocycles. The minimum Gasteiger partial charge on any atom is -0.497 e. The summed E-state index contributed by atoms with van der Waals surface area (Å²) in [6.45, 7) is 4.58. The van der Waals surface area contributed by atoms with E-state index < -0.39 is 0 Å². The van der Waals surface area contributed by atoms with Gasteiger partial charge in [-0.25, -0.2) is 9.48 Å². The van der Waals surface area contributed by atoms with Gasteiger partial charge >= 0.3 is 6.09 Å². The van der Waals surface area contributed by atoms with Crippen LogP contribution in [0.4, 0.5) is 4.79 Å². The number of carbonyl (C=O) groups is 2. The van der Waals surface area contributed by atoms with Gasteiger partial charge in [-0.15, -0.1) is 5.10 Å². The largest absolute Gasteiger partial charge is 0.497 e. The van der Waals surface area contributed by atoms with Crippen molar-refractivity contribution in [1.29, 1.82) is 0 Å². The maximum atomic E-state index is 13.0. The van der Waals surface area contributed by atoms with E-state index in [2.05, 4.69) is 10.3 Å². The fourth-order valence-electron chi connectivity index (χ4n) is 3.65. The lowest BCUT2D eigenvalue weighted by molar-refractivity contribution is -0.00205. The molecule has 0 radical (unpaired) electrons. The van der Waals surface area contributed by atoms with E-state index in [0.29, 0.717) is 50.7 Å². The van der Waals surface area contributed by atoms with Crippen LogP contribution in [0, 0.1) is 0 Å². The zero-order chi connectivity index (χ0) is 21.1. The lowest BCUT2D eigenvalue weighted by Gasteiger charge is -2.33. The molecular weight excluding hydrogens is 390 g/mol. The number of nitrogens with zero attached hydrogens (tertiary/aromatic N) is 5. The monoisotopic (exact) mass is 415 g/mol. The van der Waals surface area contributed by atoms with Crippen molar-refractivity contribution in [3.8, 4) is 5.75 Å². The molecule has 3 heterocycles. The highest BCUT2D eigenvalue weighted by molar-refractivity contribution is 5.93. The van der Waals surface area contributed by atoms with Crippen LogP contribution >= 0.6 is 0 Å². The summed E-state index contributed by atoms with van der Waals surface area (Å²) in [4.78, 5) is 28.1. The number of methoxy groups -OCH3 is 1. The third-order valence-corrected chi connectivity index (χ3v) is 5.38. The van der Waals surface area contributed by atoms with Gasteiger partial charge in [-0.3, -0.25) is 4.79 Å². The molecule has 1 aromatic heterocycles. The normalized spacial score (nSPS) is 18.7. The van der Waals surface area contributed by atoms with Crippen LogP contribution in [0.15, 0.2) is 24.3 Å². The van der Waals surface area contributed by atoms with Gasteiger partial charge in [-0.05, 0) is 24.6 Å². The van der Waals surface area contributed by atoms with Crippen LogP contribution in [0.1, 0.15) is 34.8 Å². The van der Waals surface area contributed by atoms with Crippen molar-refractivity contribution >= 4 is 12.0 Å². The molecule has 160 valence electrons. The molecule has 2 aromatic rings. The van der Waals surface area contributed by atoms with Crippen LogP contribution in [-0.2, 0) is 22.6 Å². The summed E-state index contributed by atoms with van der Waals surface area (Å²) in [6.07, 6.45) is -0.509. The predicted octanol–water partition coefficient (Wildman–Crippen LogP) is 1.47. The van der Waals surface area contributed by atoms with E-state index >= 15 is 0 Å². The SMILES string of the molecule is CCOC(=O)N1CCN(C(=O)c2nnn3c2CO[C@@H](c2ccc(OC)cc2)C3)CC1. The van der Waals surface area contributed by atoms with Gasteiger partial charge in [0.15, 0.2) is 5.69 Å². The second-order valence-corrected chi connectivity index (χ2v) is 7.12.